The Kier molecular flexibility index (Phi) is 6.06. The lowest BCUT2D eigenvalue weighted by molar-refractivity contribution is 0.162. The van der Waals surface area contributed by atoms with Crippen LogP contribution in [0, 0.1) is 12.8 Å². The molecule has 3 heteroatoms. The number of likely N-dealkylation sites (tertiary alicyclic amines) is 1. The van der Waals surface area contributed by atoms with Gasteiger partial charge in [-0.05, 0) is 69.6 Å². The first-order valence-corrected chi connectivity index (χ1v) is 8.61. The fourth-order valence-corrected chi connectivity index (χ4v) is 4.20. The molecule has 20 heavy (non-hydrogen) atoms. The highest BCUT2D eigenvalue weighted by atomic mass is 79.9. The van der Waals surface area contributed by atoms with Gasteiger partial charge in [0.25, 0.3) is 0 Å². The first-order valence-electron chi connectivity index (χ1n) is 7.82. The van der Waals surface area contributed by atoms with Crippen LogP contribution in [-0.2, 0) is 0 Å². The average Bonchev–Trinajstić information content (AvgIpc) is 2.62. The molecule has 1 fully saturated rings. The molecule has 1 aromatic carbocycles. The van der Waals surface area contributed by atoms with Crippen LogP contribution < -0.4 is 5.32 Å². The van der Waals surface area contributed by atoms with Crippen LogP contribution in [0.3, 0.4) is 0 Å². The van der Waals surface area contributed by atoms with Gasteiger partial charge >= 0.3 is 0 Å². The minimum Gasteiger partial charge on any atom is -0.319 e. The van der Waals surface area contributed by atoms with Gasteiger partial charge in [-0.3, -0.25) is 4.90 Å². The molecule has 1 heterocycles. The van der Waals surface area contributed by atoms with Gasteiger partial charge in [0.15, 0.2) is 0 Å². The highest BCUT2D eigenvalue weighted by molar-refractivity contribution is 9.10. The summed E-state index contributed by atoms with van der Waals surface area (Å²) < 4.78 is 1.27. The second-order valence-corrected chi connectivity index (χ2v) is 6.77. The van der Waals surface area contributed by atoms with Crippen molar-refractivity contribution < 1.29 is 0 Å². The predicted octanol–water partition coefficient (Wildman–Crippen LogP) is 4.14. The van der Waals surface area contributed by atoms with Gasteiger partial charge in [0.1, 0.15) is 0 Å². The average molecular weight is 339 g/mol. The van der Waals surface area contributed by atoms with Gasteiger partial charge in [-0.1, -0.05) is 41.4 Å². The van der Waals surface area contributed by atoms with Gasteiger partial charge in [-0.25, -0.2) is 0 Å². The van der Waals surface area contributed by atoms with Gasteiger partial charge in [0.2, 0.25) is 0 Å². The van der Waals surface area contributed by atoms with Crippen molar-refractivity contribution >= 4 is 15.9 Å². The van der Waals surface area contributed by atoms with E-state index in [0.29, 0.717) is 12.0 Å². The first kappa shape index (κ1) is 16.0. The Hall–Kier alpha value is -0.380. The summed E-state index contributed by atoms with van der Waals surface area (Å²) in [4.78, 5) is 2.66. The molecular weight excluding hydrogens is 312 g/mol. The third-order valence-electron chi connectivity index (χ3n) is 4.46. The van der Waals surface area contributed by atoms with Crippen LogP contribution >= 0.6 is 15.9 Å². The largest absolute Gasteiger partial charge is 0.319 e. The third-order valence-corrected chi connectivity index (χ3v) is 5.14. The van der Waals surface area contributed by atoms with Crippen molar-refractivity contribution in [3.63, 3.8) is 0 Å². The lowest BCUT2D eigenvalue weighted by atomic mass is 9.88. The fourth-order valence-electron chi connectivity index (χ4n) is 3.47. The molecule has 0 aromatic heterocycles. The number of hydrogen-bond acceptors (Lipinski definition) is 2. The molecule has 2 atom stereocenters. The van der Waals surface area contributed by atoms with E-state index in [1.807, 2.05) is 0 Å². The molecule has 112 valence electrons. The van der Waals surface area contributed by atoms with E-state index in [0.717, 1.165) is 13.1 Å². The normalized spacial score (nSPS) is 24.6. The molecule has 2 nitrogen and oxygen atoms in total. The van der Waals surface area contributed by atoms with E-state index in [1.54, 1.807) is 0 Å². The molecular formula is C17H27BrN2. The van der Waals surface area contributed by atoms with Crippen LogP contribution in [0.4, 0.5) is 0 Å². The van der Waals surface area contributed by atoms with E-state index in [1.165, 1.54) is 41.4 Å². The van der Waals surface area contributed by atoms with Crippen LogP contribution in [-0.4, -0.2) is 31.6 Å². The van der Waals surface area contributed by atoms with Crippen LogP contribution in [0.5, 0.6) is 0 Å². The highest BCUT2D eigenvalue weighted by Crippen LogP contribution is 2.38. The standard InChI is InChI=1S/C17H27BrN2/c1-4-20-10-6-5-7-14(12-19-3)17(20)15-9-8-13(2)11-16(15)18/h8-9,11,14,17,19H,4-7,10,12H2,1-3H3. The van der Waals surface area contributed by atoms with Crippen molar-refractivity contribution in [2.75, 3.05) is 26.7 Å². The van der Waals surface area contributed by atoms with Crippen LogP contribution in [0.2, 0.25) is 0 Å². The SMILES string of the molecule is CCN1CCCCC(CNC)C1c1ccc(C)cc1Br. The minimum absolute atomic E-state index is 0.532. The second kappa shape index (κ2) is 7.58. The molecule has 1 aromatic rings. The predicted molar refractivity (Wildman–Crippen MR) is 90.1 cm³/mol. The molecule has 2 unspecified atom stereocenters. The smallest absolute Gasteiger partial charge is 0.0399 e. The molecule has 0 radical (unpaired) electrons. The van der Waals surface area contributed by atoms with E-state index < -0.39 is 0 Å². The molecule has 1 N–H and O–H groups in total. The summed E-state index contributed by atoms with van der Waals surface area (Å²) in [6, 6.07) is 7.35. The molecule has 0 spiro atoms. The maximum atomic E-state index is 3.80. The third kappa shape index (κ3) is 3.63. The number of hydrogen-bond donors (Lipinski definition) is 1. The van der Waals surface area contributed by atoms with Crippen molar-refractivity contribution in [2.45, 2.75) is 39.2 Å². The van der Waals surface area contributed by atoms with E-state index in [4.69, 9.17) is 0 Å². The maximum Gasteiger partial charge on any atom is 0.0399 e. The van der Waals surface area contributed by atoms with Gasteiger partial charge in [0, 0.05) is 10.5 Å². The van der Waals surface area contributed by atoms with Crippen LogP contribution in [0.25, 0.3) is 0 Å². The molecule has 0 amide bonds. The van der Waals surface area contributed by atoms with E-state index >= 15 is 0 Å². The Labute approximate surface area is 132 Å². The van der Waals surface area contributed by atoms with Gasteiger partial charge in [-0.2, -0.15) is 0 Å². The molecule has 1 saturated heterocycles. The molecule has 0 bridgehead atoms. The zero-order chi connectivity index (χ0) is 14.5. The zero-order valence-corrected chi connectivity index (χ0v) is 14.5. The Balaban J connectivity index is 2.37. The van der Waals surface area contributed by atoms with Gasteiger partial charge < -0.3 is 5.32 Å². The summed E-state index contributed by atoms with van der Waals surface area (Å²) >= 11 is 3.80. The summed E-state index contributed by atoms with van der Waals surface area (Å²) in [6.07, 6.45) is 4.00. The van der Waals surface area contributed by atoms with Crippen molar-refractivity contribution in [3.05, 3.63) is 33.8 Å². The van der Waals surface area contributed by atoms with Gasteiger partial charge in [-0.15, -0.1) is 0 Å². The maximum absolute atomic E-state index is 3.80. The number of nitrogens with zero attached hydrogens (tertiary/aromatic N) is 1. The minimum atomic E-state index is 0.532. The highest BCUT2D eigenvalue weighted by Gasteiger charge is 2.30. The Morgan fingerprint density at radius 3 is 2.80 bits per heavy atom. The molecule has 0 saturated carbocycles. The monoisotopic (exact) mass is 338 g/mol. The Morgan fingerprint density at radius 2 is 2.15 bits per heavy atom. The quantitative estimate of drug-likeness (QED) is 0.887. The van der Waals surface area contributed by atoms with Crippen LogP contribution in [0.1, 0.15) is 43.4 Å². The van der Waals surface area contributed by atoms with E-state index in [2.05, 4.69) is 65.2 Å². The topological polar surface area (TPSA) is 15.3 Å². The van der Waals surface area contributed by atoms with Crippen molar-refractivity contribution in [1.82, 2.24) is 10.2 Å². The lowest BCUT2D eigenvalue weighted by Crippen LogP contribution is -2.36. The van der Waals surface area contributed by atoms with Crippen molar-refractivity contribution in [1.29, 1.82) is 0 Å². The summed E-state index contributed by atoms with van der Waals surface area (Å²) in [5.74, 6) is 0.696. The van der Waals surface area contributed by atoms with Crippen molar-refractivity contribution in [2.24, 2.45) is 5.92 Å². The summed E-state index contributed by atoms with van der Waals surface area (Å²) in [5, 5.41) is 3.40. The number of halogens is 1. The lowest BCUT2D eigenvalue weighted by Gasteiger charge is -2.35. The van der Waals surface area contributed by atoms with Gasteiger partial charge in [0.05, 0.1) is 0 Å². The summed E-state index contributed by atoms with van der Waals surface area (Å²) in [5.41, 5.74) is 2.78. The second-order valence-electron chi connectivity index (χ2n) is 5.91. The summed E-state index contributed by atoms with van der Waals surface area (Å²) in [7, 11) is 2.07. The molecule has 2 rings (SSSR count). The Morgan fingerprint density at radius 1 is 1.35 bits per heavy atom. The molecule has 1 aliphatic heterocycles. The van der Waals surface area contributed by atoms with E-state index in [-0.39, 0.29) is 0 Å². The fraction of sp³-hybridized carbons (Fsp3) is 0.647. The number of nitrogens with one attached hydrogen (secondary N) is 1. The first-order chi connectivity index (χ1) is 9.67. The van der Waals surface area contributed by atoms with Crippen molar-refractivity contribution in [3.8, 4) is 0 Å². The van der Waals surface area contributed by atoms with E-state index in [9.17, 15) is 0 Å². The zero-order valence-electron chi connectivity index (χ0n) is 13.0. The number of rotatable bonds is 4. The molecule has 0 aliphatic carbocycles. The Bertz CT molecular complexity index is 433. The number of aryl methyl sites for hydroxylation is 1. The molecule has 1 aliphatic rings. The number of benzene rings is 1. The van der Waals surface area contributed by atoms with Crippen LogP contribution in [0.15, 0.2) is 22.7 Å². The summed E-state index contributed by atoms with van der Waals surface area (Å²) in [6.45, 7) is 7.90.